The van der Waals surface area contributed by atoms with E-state index in [4.69, 9.17) is 11.2 Å². The van der Waals surface area contributed by atoms with Crippen LogP contribution in [0, 0.1) is 12.3 Å². The van der Waals surface area contributed by atoms with E-state index in [2.05, 4.69) is 16.6 Å². The molecule has 2 aromatic carbocycles. The summed E-state index contributed by atoms with van der Waals surface area (Å²) in [5.41, 5.74) is 4.41. The van der Waals surface area contributed by atoms with Crippen molar-refractivity contribution < 1.29 is 24.2 Å². The molecule has 1 aliphatic carbocycles. The Labute approximate surface area is 197 Å². The summed E-state index contributed by atoms with van der Waals surface area (Å²) in [5, 5.41) is 14.2. The van der Waals surface area contributed by atoms with Gasteiger partial charge >= 0.3 is 12.1 Å². The summed E-state index contributed by atoms with van der Waals surface area (Å²) in [6.07, 6.45) is 6.50. The minimum atomic E-state index is -1.23. The number of ether oxygens (including phenoxy) is 1. The van der Waals surface area contributed by atoms with E-state index in [0.717, 1.165) is 22.3 Å². The number of carboxylic acids is 1. The lowest BCUT2D eigenvalue weighted by molar-refractivity contribution is -0.141. The van der Waals surface area contributed by atoms with Gasteiger partial charge in [0.15, 0.2) is 0 Å². The van der Waals surface area contributed by atoms with Crippen molar-refractivity contribution in [3.8, 4) is 23.5 Å². The monoisotopic (exact) mass is 466 g/mol. The standard InChI is InChI=1S/C25H26N2O5S/c1-3-8-22(24(29)30)26-23(28)21(13-14-33-2)27-25(31)32-15-20-18-11-6-4-9-16(18)17-10-5-7-12-19(17)20/h1,4-7,9-12,20-22H,8,13-15H2,2H3,(H,26,28)(H,27,31)(H,29,30)/t21-,22?/m0/s1. The number of terminal acetylenes is 1. The molecule has 3 N–H and O–H groups in total. The number of aliphatic carboxylic acids is 1. The van der Waals surface area contributed by atoms with Crippen LogP contribution in [0.25, 0.3) is 11.1 Å². The second kappa shape index (κ2) is 11.4. The Hall–Kier alpha value is -3.44. The first-order valence-corrected chi connectivity index (χ1v) is 11.9. The summed E-state index contributed by atoms with van der Waals surface area (Å²) in [4.78, 5) is 36.5. The molecule has 0 spiro atoms. The Morgan fingerprint density at radius 2 is 1.67 bits per heavy atom. The van der Waals surface area contributed by atoms with Crippen LogP contribution < -0.4 is 10.6 Å². The third kappa shape index (κ3) is 5.88. The molecule has 1 unspecified atom stereocenters. The van der Waals surface area contributed by atoms with Gasteiger partial charge in [-0.2, -0.15) is 11.8 Å². The Morgan fingerprint density at radius 1 is 1.06 bits per heavy atom. The summed E-state index contributed by atoms with van der Waals surface area (Å²) in [5.74, 6) is 0.881. The third-order valence-electron chi connectivity index (χ3n) is 5.50. The zero-order valence-electron chi connectivity index (χ0n) is 18.2. The normalized spacial score (nSPS) is 13.7. The summed E-state index contributed by atoms with van der Waals surface area (Å²) in [7, 11) is 0. The summed E-state index contributed by atoms with van der Waals surface area (Å²) in [6.45, 7) is 0.117. The number of carboxylic acid groups (broad SMARTS) is 1. The van der Waals surface area contributed by atoms with Crippen LogP contribution in [-0.2, 0) is 14.3 Å². The van der Waals surface area contributed by atoms with Crippen molar-refractivity contribution in [2.75, 3.05) is 18.6 Å². The summed E-state index contributed by atoms with van der Waals surface area (Å²) < 4.78 is 5.51. The smallest absolute Gasteiger partial charge is 0.407 e. The van der Waals surface area contributed by atoms with E-state index < -0.39 is 30.1 Å². The largest absolute Gasteiger partial charge is 0.480 e. The molecule has 0 saturated carbocycles. The van der Waals surface area contributed by atoms with E-state index in [9.17, 15) is 19.5 Å². The fraction of sp³-hybridized carbons (Fsp3) is 0.320. The lowest BCUT2D eigenvalue weighted by Gasteiger charge is -2.21. The van der Waals surface area contributed by atoms with Crippen LogP contribution in [0.1, 0.15) is 29.9 Å². The number of alkyl carbamates (subject to hydrolysis) is 1. The van der Waals surface area contributed by atoms with Crippen molar-refractivity contribution in [1.82, 2.24) is 10.6 Å². The maximum atomic E-state index is 12.6. The van der Waals surface area contributed by atoms with Crippen LogP contribution in [0.3, 0.4) is 0 Å². The number of thioether (sulfide) groups is 1. The van der Waals surface area contributed by atoms with Crippen molar-refractivity contribution in [2.24, 2.45) is 0 Å². The molecule has 0 saturated heterocycles. The second-order valence-electron chi connectivity index (χ2n) is 7.61. The first kappa shape index (κ1) is 24.2. The molecule has 3 rings (SSSR count). The molecule has 0 radical (unpaired) electrons. The Morgan fingerprint density at radius 3 is 2.21 bits per heavy atom. The van der Waals surface area contributed by atoms with E-state index in [1.165, 1.54) is 11.8 Å². The first-order chi connectivity index (χ1) is 16.0. The first-order valence-electron chi connectivity index (χ1n) is 10.5. The number of amides is 2. The van der Waals surface area contributed by atoms with Crippen LogP contribution in [0.15, 0.2) is 48.5 Å². The fourth-order valence-corrected chi connectivity index (χ4v) is 4.35. The van der Waals surface area contributed by atoms with Crippen LogP contribution >= 0.6 is 11.8 Å². The molecule has 7 nitrogen and oxygen atoms in total. The minimum absolute atomic E-state index is 0.103. The topological polar surface area (TPSA) is 105 Å². The molecular formula is C25H26N2O5S. The van der Waals surface area contributed by atoms with Gasteiger partial charge in [-0.1, -0.05) is 48.5 Å². The molecule has 2 aromatic rings. The average molecular weight is 467 g/mol. The van der Waals surface area contributed by atoms with Crippen LogP contribution in [-0.4, -0.2) is 53.8 Å². The zero-order valence-corrected chi connectivity index (χ0v) is 19.1. The Kier molecular flexibility index (Phi) is 8.39. The molecule has 1 aliphatic rings. The highest BCUT2D eigenvalue weighted by Crippen LogP contribution is 2.44. The van der Waals surface area contributed by atoms with Crippen molar-refractivity contribution >= 4 is 29.7 Å². The number of benzene rings is 2. The van der Waals surface area contributed by atoms with E-state index in [-0.39, 0.29) is 18.9 Å². The Balaban J connectivity index is 1.65. The quantitative estimate of drug-likeness (QED) is 0.465. The highest BCUT2D eigenvalue weighted by atomic mass is 32.2. The summed E-state index contributed by atoms with van der Waals surface area (Å²) >= 11 is 1.51. The molecule has 172 valence electrons. The number of hydrogen-bond donors (Lipinski definition) is 3. The molecule has 2 amide bonds. The van der Waals surface area contributed by atoms with Gasteiger partial charge < -0.3 is 20.5 Å². The van der Waals surface area contributed by atoms with Gasteiger partial charge in [-0.25, -0.2) is 9.59 Å². The molecule has 2 atom stereocenters. The van der Waals surface area contributed by atoms with Crippen LogP contribution in [0.2, 0.25) is 0 Å². The van der Waals surface area contributed by atoms with Gasteiger partial charge in [-0.3, -0.25) is 4.79 Å². The number of carbonyl (C=O) groups is 3. The number of nitrogens with one attached hydrogen (secondary N) is 2. The SMILES string of the molecule is C#CCC(NC(=O)[C@H](CCSC)NC(=O)OCC1c2ccccc2-c2ccccc21)C(=O)O. The van der Waals surface area contributed by atoms with Gasteiger partial charge in [0.1, 0.15) is 18.7 Å². The van der Waals surface area contributed by atoms with E-state index in [0.29, 0.717) is 12.2 Å². The number of carbonyl (C=O) groups excluding carboxylic acids is 2. The van der Waals surface area contributed by atoms with Gasteiger partial charge in [0.25, 0.3) is 0 Å². The van der Waals surface area contributed by atoms with E-state index in [1.54, 1.807) is 0 Å². The van der Waals surface area contributed by atoms with Crippen LogP contribution in [0.4, 0.5) is 4.79 Å². The Bertz CT molecular complexity index is 1020. The van der Waals surface area contributed by atoms with Gasteiger partial charge in [0.05, 0.1) is 0 Å². The molecule has 0 bridgehead atoms. The summed E-state index contributed by atoms with van der Waals surface area (Å²) in [6, 6.07) is 13.8. The minimum Gasteiger partial charge on any atom is -0.480 e. The second-order valence-corrected chi connectivity index (χ2v) is 8.60. The number of fused-ring (bicyclic) bond motifs is 3. The molecule has 0 heterocycles. The van der Waals surface area contributed by atoms with Gasteiger partial charge in [0.2, 0.25) is 5.91 Å². The zero-order chi connectivity index (χ0) is 23.8. The van der Waals surface area contributed by atoms with Gasteiger partial charge in [-0.05, 0) is 40.7 Å². The predicted molar refractivity (Wildman–Crippen MR) is 128 cm³/mol. The van der Waals surface area contributed by atoms with Gasteiger partial charge in [-0.15, -0.1) is 12.3 Å². The maximum absolute atomic E-state index is 12.6. The molecule has 8 heteroatoms. The van der Waals surface area contributed by atoms with Gasteiger partial charge in [0, 0.05) is 12.3 Å². The van der Waals surface area contributed by atoms with Crippen molar-refractivity contribution in [3.05, 3.63) is 59.7 Å². The number of rotatable bonds is 10. The molecular weight excluding hydrogens is 440 g/mol. The molecule has 0 aromatic heterocycles. The van der Waals surface area contributed by atoms with Crippen molar-refractivity contribution in [2.45, 2.75) is 30.8 Å². The lowest BCUT2D eigenvalue weighted by atomic mass is 9.98. The van der Waals surface area contributed by atoms with Crippen molar-refractivity contribution in [1.29, 1.82) is 0 Å². The van der Waals surface area contributed by atoms with Crippen molar-refractivity contribution in [3.63, 3.8) is 0 Å². The third-order valence-corrected chi connectivity index (χ3v) is 6.14. The lowest BCUT2D eigenvalue weighted by Crippen LogP contribution is -2.51. The van der Waals surface area contributed by atoms with Crippen LogP contribution in [0.5, 0.6) is 0 Å². The maximum Gasteiger partial charge on any atom is 0.407 e. The molecule has 33 heavy (non-hydrogen) atoms. The average Bonchev–Trinajstić information content (AvgIpc) is 3.13. The molecule has 0 aliphatic heterocycles. The number of hydrogen-bond acceptors (Lipinski definition) is 5. The van der Waals surface area contributed by atoms with E-state index in [1.807, 2.05) is 54.8 Å². The fourth-order valence-electron chi connectivity index (χ4n) is 3.88. The highest BCUT2D eigenvalue weighted by Gasteiger charge is 2.30. The molecule has 0 fully saturated rings. The highest BCUT2D eigenvalue weighted by molar-refractivity contribution is 7.98. The predicted octanol–water partition coefficient (Wildman–Crippen LogP) is 3.24. The van der Waals surface area contributed by atoms with E-state index >= 15 is 0 Å².